The van der Waals surface area contributed by atoms with E-state index in [0.29, 0.717) is 16.4 Å². The number of hydrogen-bond acceptors (Lipinski definition) is 8. The third-order valence-corrected chi connectivity index (χ3v) is 4.11. The van der Waals surface area contributed by atoms with Crippen molar-refractivity contribution in [3.05, 3.63) is 30.0 Å². The summed E-state index contributed by atoms with van der Waals surface area (Å²) < 4.78 is 32.0. The number of nitrogens with zero attached hydrogens (tertiary/aromatic N) is 2. The van der Waals surface area contributed by atoms with Crippen molar-refractivity contribution in [1.82, 2.24) is 9.59 Å². The van der Waals surface area contributed by atoms with Crippen molar-refractivity contribution in [2.24, 2.45) is 5.84 Å². The monoisotopic (exact) mass is 300 g/mol. The highest BCUT2D eigenvalue weighted by Gasteiger charge is 2.10. The first-order valence-corrected chi connectivity index (χ1v) is 7.88. The zero-order valence-electron chi connectivity index (χ0n) is 10.0. The van der Waals surface area contributed by atoms with Crippen molar-refractivity contribution >= 4 is 26.4 Å². The molecule has 0 saturated carbocycles. The Hall–Kier alpha value is -1.71. The number of sulfone groups is 1. The van der Waals surface area contributed by atoms with Crippen molar-refractivity contribution in [2.45, 2.75) is 11.5 Å². The van der Waals surface area contributed by atoms with E-state index in [-0.39, 0.29) is 11.5 Å². The summed E-state index contributed by atoms with van der Waals surface area (Å²) in [7, 11) is -3.25. The molecule has 0 aliphatic heterocycles. The molecule has 7 nitrogen and oxygen atoms in total. The molecule has 2 rings (SSSR count). The van der Waals surface area contributed by atoms with Gasteiger partial charge in [0.15, 0.2) is 14.8 Å². The maximum absolute atomic E-state index is 11.4. The minimum atomic E-state index is -3.25. The van der Waals surface area contributed by atoms with E-state index >= 15 is 0 Å². The van der Waals surface area contributed by atoms with Crippen LogP contribution in [-0.4, -0.2) is 24.3 Å². The number of nitrogen functional groups attached to an aromatic ring is 1. The second kappa shape index (κ2) is 5.51. The molecule has 0 spiro atoms. The van der Waals surface area contributed by atoms with Crippen LogP contribution in [0, 0.1) is 0 Å². The normalized spacial score (nSPS) is 11.3. The van der Waals surface area contributed by atoms with Crippen LogP contribution >= 0.6 is 11.5 Å². The van der Waals surface area contributed by atoms with E-state index in [9.17, 15) is 8.42 Å². The standard InChI is InChI=1S/C10H12N4O3S2/c1-19(15,16)8-4-2-3-7(5-8)17-6-9-10(12-11)18-14-13-9/h2-5,12H,6,11H2,1H3. The van der Waals surface area contributed by atoms with E-state index in [1.165, 1.54) is 12.1 Å². The predicted octanol–water partition coefficient (Wildman–Crippen LogP) is 0.806. The number of aromatic nitrogens is 2. The minimum Gasteiger partial charge on any atom is -0.487 e. The molecule has 0 radical (unpaired) electrons. The molecule has 0 bridgehead atoms. The van der Waals surface area contributed by atoms with Crippen LogP contribution in [0.15, 0.2) is 29.2 Å². The van der Waals surface area contributed by atoms with E-state index in [4.69, 9.17) is 10.6 Å². The molecule has 0 aliphatic carbocycles. The van der Waals surface area contributed by atoms with E-state index in [1.54, 1.807) is 12.1 Å². The summed E-state index contributed by atoms with van der Waals surface area (Å²) in [5.74, 6) is 5.73. The molecule has 102 valence electrons. The van der Waals surface area contributed by atoms with E-state index in [2.05, 4.69) is 15.0 Å². The van der Waals surface area contributed by atoms with Crippen molar-refractivity contribution in [1.29, 1.82) is 0 Å². The molecule has 1 aromatic carbocycles. The fraction of sp³-hybridized carbons (Fsp3) is 0.200. The first-order chi connectivity index (χ1) is 9.00. The molecule has 19 heavy (non-hydrogen) atoms. The van der Waals surface area contributed by atoms with Gasteiger partial charge < -0.3 is 10.2 Å². The van der Waals surface area contributed by atoms with Gasteiger partial charge in [-0.2, -0.15) is 0 Å². The van der Waals surface area contributed by atoms with Crippen LogP contribution < -0.4 is 16.0 Å². The van der Waals surface area contributed by atoms with Gasteiger partial charge in [0.2, 0.25) is 0 Å². The third kappa shape index (κ3) is 3.40. The van der Waals surface area contributed by atoms with Crippen molar-refractivity contribution in [3.8, 4) is 5.75 Å². The number of ether oxygens (including phenoxy) is 1. The summed E-state index contributed by atoms with van der Waals surface area (Å²) >= 11 is 1.12. The lowest BCUT2D eigenvalue weighted by Gasteiger charge is -2.06. The Morgan fingerprint density at radius 3 is 2.95 bits per heavy atom. The van der Waals surface area contributed by atoms with E-state index in [0.717, 1.165) is 17.8 Å². The summed E-state index contributed by atoms with van der Waals surface area (Å²) in [4.78, 5) is 0.207. The molecule has 3 N–H and O–H groups in total. The lowest BCUT2D eigenvalue weighted by molar-refractivity contribution is 0.301. The number of benzene rings is 1. The van der Waals surface area contributed by atoms with Crippen LogP contribution in [-0.2, 0) is 16.4 Å². The Bertz CT molecular complexity index is 669. The van der Waals surface area contributed by atoms with Gasteiger partial charge in [-0.05, 0) is 18.2 Å². The van der Waals surface area contributed by atoms with Crippen molar-refractivity contribution in [2.75, 3.05) is 11.7 Å². The number of hydrogen-bond donors (Lipinski definition) is 2. The summed E-state index contributed by atoms with van der Waals surface area (Å²) in [6.07, 6.45) is 1.15. The van der Waals surface area contributed by atoms with Crippen LogP contribution in [0.4, 0.5) is 5.00 Å². The third-order valence-electron chi connectivity index (χ3n) is 2.30. The second-order valence-electron chi connectivity index (χ2n) is 3.73. The largest absolute Gasteiger partial charge is 0.487 e. The number of anilines is 1. The SMILES string of the molecule is CS(=O)(=O)c1cccc(OCc2nnsc2NN)c1. The maximum Gasteiger partial charge on any atom is 0.175 e. The van der Waals surface area contributed by atoms with Gasteiger partial charge in [0, 0.05) is 17.8 Å². The molecular weight excluding hydrogens is 288 g/mol. The van der Waals surface area contributed by atoms with Crippen LogP contribution in [0.2, 0.25) is 0 Å². The van der Waals surface area contributed by atoms with Crippen LogP contribution in [0.25, 0.3) is 0 Å². The zero-order valence-corrected chi connectivity index (χ0v) is 11.7. The van der Waals surface area contributed by atoms with Gasteiger partial charge in [-0.15, -0.1) is 5.10 Å². The lowest BCUT2D eigenvalue weighted by atomic mass is 10.3. The summed E-state index contributed by atoms with van der Waals surface area (Å²) in [5.41, 5.74) is 3.03. The molecule has 1 heterocycles. The highest BCUT2D eigenvalue weighted by Crippen LogP contribution is 2.21. The molecule has 0 fully saturated rings. The minimum absolute atomic E-state index is 0.156. The van der Waals surface area contributed by atoms with Gasteiger partial charge in [0.05, 0.1) is 4.90 Å². The van der Waals surface area contributed by atoms with Gasteiger partial charge in [0.1, 0.15) is 18.1 Å². The Balaban J connectivity index is 2.12. The first-order valence-electron chi connectivity index (χ1n) is 5.21. The summed E-state index contributed by atoms with van der Waals surface area (Å²) in [6, 6.07) is 6.27. The van der Waals surface area contributed by atoms with Crippen molar-refractivity contribution in [3.63, 3.8) is 0 Å². The molecule has 0 amide bonds. The van der Waals surface area contributed by atoms with Gasteiger partial charge in [-0.3, -0.25) is 0 Å². The second-order valence-corrected chi connectivity index (χ2v) is 6.50. The molecule has 2 aromatic rings. The highest BCUT2D eigenvalue weighted by atomic mass is 32.2. The Labute approximate surface area is 114 Å². The lowest BCUT2D eigenvalue weighted by Crippen LogP contribution is -2.08. The predicted molar refractivity (Wildman–Crippen MR) is 71.6 cm³/mol. The Morgan fingerprint density at radius 2 is 2.26 bits per heavy atom. The van der Waals surface area contributed by atoms with Gasteiger partial charge in [-0.25, -0.2) is 14.3 Å². The fourth-order valence-corrected chi connectivity index (χ4v) is 2.49. The molecular formula is C10H12N4O3S2. The fourth-order valence-electron chi connectivity index (χ4n) is 1.36. The molecule has 0 unspecified atom stereocenters. The van der Waals surface area contributed by atoms with E-state index < -0.39 is 9.84 Å². The Morgan fingerprint density at radius 1 is 1.47 bits per heavy atom. The number of nitrogens with one attached hydrogen (secondary N) is 1. The molecule has 0 aliphatic rings. The topological polar surface area (TPSA) is 107 Å². The molecule has 9 heteroatoms. The maximum atomic E-state index is 11.4. The smallest absolute Gasteiger partial charge is 0.175 e. The van der Waals surface area contributed by atoms with Gasteiger partial charge in [0.25, 0.3) is 0 Å². The van der Waals surface area contributed by atoms with Gasteiger partial charge >= 0.3 is 0 Å². The van der Waals surface area contributed by atoms with Crippen LogP contribution in [0.3, 0.4) is 0 Å². The van der Waals surface area contributed by atoms with E-state index in [1.807, 2.05) is 0 Å². The number of nitrogens with two attached hydrogens (primary N) is 1. The average molecular weight is 300 g/mol. The number of hydrazine groups is 1. The van der Waals surface area contributed by atoms with Crippen molar-refractivity contribution < 1.29 is 13.2 Å². The molecule has 0 atom stereocenters. The average Bonchev–Trinajstić information content (AvgIpc) is 2.83. The molecule has 1 aromatic heterocycles. The van der Waals surface area contributed by atoms with Crippen LogP contribution in [0.1, 0.15) is 5.69 Å². The number of rotatable bonds is 5. The first kappa shape index (κ1) is 13.7. The summed E-state index contributed by atoms with van der Waals surface area (Å²) in [5, 5.41) is 4.47. The summed E-state index contributed by atoms with van der Waals surface area (Å²) in [6.45, 7) is 0.156. The van der Waals surface area contributed by atoms with Crippen LogP contribution in [0.5, 0.6) is 5.75 Å². The van der Waals surface area contributed by atoms with Gasteiger partial charge in [-0.1, -0.05) is 10.6 Å². The Kier molecular flexibility index (Phi) is 3.98. The highest BCUT2D eigenvalue weighted by molar-refractivity contribution is 7.90. The zero-order chi connectivity index (χ0) is 13.9. The quantitative estimate of drug-likeness (QED) is 0.621. The molecule has 0 saturated heterocycles.